The Balaban J connectivity index is 1.74. The van der Waals surface area contributed by atoms with E-state index in [1.807, 2.05) is 6.07 Å². The first-order valence-corrected chi connectivity index (χ1v) is 29.6. The van der Waals surface area contributed by atoms with Crippen LogP contribution in [-0.2, 0) is 93.8 Å². The number of amides is 6. The van der Waals surface area contributed by atoms with E-state index in [1.54, 1.807) is 72.1 Å². The van der Waals surface area contributed by atoms with Gasteiger partial charge < -0.3 is 99.0 Å². The van der Waals surface area contributed by atoms with Gasteiger partial charge in [0.1, 0.15) is 42.7 Å². The Kier molecular flexibility index (Phi) is 41.4. The van der Waals surface area contributed by atoms with Crippen LogP contribution in [0.25, 0.3) is 0 Å². The summed E-state index contributed by atoms with van der Waals surface area (Å²) in [4.78, 5) is 91.0. The second-order valence-corrected chi connectivity index (χ2v) is 21.4. The highest BCUT2D eigenvalue weighted by Gasteiger charge is 2.31. The van der Waals surface area contributed by atoms with E-state index in [-0.39, 0.29) is 69.6 Å². The molecule has 2 aromatic carbocycles. The molecule has 494 valence electrons. The minimum Gasteiger partial charge on any atom is -0.506 e. The quantitative estimate of drug-likeness (QED) is 0.0344. The molecule has 0 fully saturated rings. The SMILES string of the molecule is COCCOCCOCCOCCOCCOCCOCCOCCOCCOCC(=O)NCCCC[C@H](NC(=O)OCc1ccccc1)C(=O)N[C@H](C(=O)N[C@@H](C)C(=O)Nc1cc(C[C@@H](C[C@H](C)C(=O)O)NC(=O)OC(C)(C)C)ccc1O)C(C)C. The lowest BCUT2D eigenvalue weighted by molar-refractivity contribution is -0.141. The fraction of sp³-hybridized carbons (Fsp3) is 0.683. The molecule has 27 heteroatoms. The van der Waals surface area contributed by atoms with Crippen LogP contribution in [0, 0.1) is 11.8 Å². The molecule has 5 atom stereocenters. The molecule has 0 radical (unpaired) electrons. The fourth-order valence-corrected chi connectivity index (χ4v) is 7.68. The first-order valence-electron chi connectivity index (χ1n) is 29.6. The first kappa shape index (κ1) is 76.8. The van der Waals surface area contributed by atoms with Crippen LogP contribution in [0.3, 0.4) is 0 Å². The molecule has 87 heavy (non-hydrogen) atoms. The number of hydrogen-bond donors (Lipinski definition) is 8. The van der Waals surface area contributed by atoms with Crippen molar-refractivity contribution >= 4 is 47.5 Å². The molecule has 0 aromatic heterocycles. The number of hydrogen-bond acceptors (Lipinski definition) is 20. The monoisotopic (exact) mass is 1240 g/mol. The van der Waals surface area contributed by atoms with Gasteiger partial charge in [-0.2, -0.15) is 0 Å². The number of ether oxygens (including phenoxy) is 12. The van der Waals surface area contributed by atoms with Gasteiger partial charge in [0.05, 0.1) is 131 Å². The normalized spacial score (nSPS) is 13.2. The number of phenols is 1. The predicted octanol–water partition coefficient (Wildman–Crippen LogP) is 3.90. The second-order valence-electron chi connectivity index (χ2n) is 21.4. The van der Waals surface area contributed by atoms with Crippen molar-refractivity contribution in [2.75, 3.05) is 145 Å². The Morgan fingerprint density at radius 2 is 1.08 bits per heavy atom. The van der Waals surface area contributed by atoms with Crippen LogP contribution in [0.5, 0.6) is 5.75 Å². The zero-order chi connectivity index (χ0) is 64.1. The summed E-state index contributed by atoms with van der Waals surface area (Å²) < 4.78 is 64.8. The van der Waals surface area contributed by atoms with Gasteiger partial charge in [0.25, 0.3) is 0 Å². The van der Waals surface area contributed by atoms with Crippen molar-refractivity contribution in [3.05, 3.63) is 59.7 Å². The number of carboxylic acids is 1. The molecule has 0 spiro atoms. The second kappa shape index (κ2) is 46.8. The summed E-state index contributed by atoms with van der Waals surface area (Å²) in [6.45, 7) is 19.1. The Hall–Kier alpha value is -6.27. The molecule has 27 nitrogen and oxygen atoms in total. The van der Waals surface area contributed by atoms with Crippen LogP contribution in [0.15, 0.2) is 48.5 Å². The average molecular weight is 1240 g/mol. The van der Waals surface area contributed by atoms with Crippen LogP contribution in [0.2, 0.25) is 0 Å². The van der Waals surface area contributed by atoms with E-state index in [0.717, 1.165) is 5.56 Å². The number of nitrogens with one attached hydrogen (secondary N) is 6. The maximum absolute atomic E-state index is 13.9. The molecule has 2 aromatic rings. The topological polar surface area (TPSA) is 343 Å². The van der Waals surface area contributed by atoms with Crippen LogP contribution in [0.1, 0.15) is 85.3 Å². The third kappa shape index (κ3) is 39.3. The molecule has 0 heterocycles. The summed E-state index contributed by atoms with van der Waals surface area (Å²) in [6.07, 6.45) is -0.554. The molecule has 0 aliphatic heterocycles. The van der Waals surface area contributed by atoms with Crippen LogP contribution >= 0.6 is 0 Å². The first-order chi connectivity index (χ1) is 41.7. The Morgan fingerprint density at radius 1 is 0.563 bits per heavy atom. The van der Waals surface area contributed by atoms with E-state index in [1.165, 1.54) is 26.0 Å². The van der Waals surface area contributed by atoms with Gasteiger partial charge in [-0.05, 0) is 89.0 Å². The van der Waals surface area contributed by atoms with E-state index in [0.29, 0.717) is 124 Å². The lowest BCUT2D eigenvalue weighted by Crippen LogP contribution is -2.57. The fourth-order valence-electron chi connectivity index (χ4n) is 7.68. The Morgan fingerprint density at radius 3 is 1.57 bits per heavy atom. The van der Waals surface area contributed by atoms with Gasteiger partial charge in [-0.1, -0.05) is 57.2 Å². The van der Waals surface area contributed by atoms with Gasteiger partial charge in [0, 0.05) is 19.7 Å². The van der Waals surface area contributed by atoms with E-state index in [4.69, 9.17) is 56.8 Å². The number of carboxylic acid groups (broad SMARTS) is 1. The highest BCUT2D eigenvalue weighted by atomic mass is 16.6. The highest BCUT2D eigenvalue weighted by Crippen LogP contribution is 2.26. The van der Waals surface area contributed by atoms with Crippen molar-refractivity contribution in [2.24, 2.45) is 11.8 Å². The third-order valence-electron chi connectivity index (χ3n) is 12.3. The summed E-state index contributed by atoms with van der Waals surface area (Å²) in [5.41, 5.74) is 0.433. The Bertz CT molecular complexity index is 2240. The summed E-state index contributed by atoms with van der Waals surface area (Å²) in [5, 5.41) is 36.3. The number of unbranched alkanes of at least 4 members (excludes halogenated alkanes) is 1. The van der Waals surface area contributed by atoms with E-state index < -0.39 is 77.5 Å². The number of phenolic OH excluding ortho intramolecular Hbond substituents is 1. The number of anilines is 1. The highest BCUT2D eigenvalue weighted by molar-refractivity contribution is 5.99. The van der Waals surface area contributed by atoms with Gasteiger partial charge >= 0.3 is 18.2 Å². The summed E-state index contributed by atoms with van der Waals surface area (Å²) in [6, 6.07) is 9.08. The molecule has 8 N–H and O–H groups in total. The maximum atomic E-state index is 13.9. The van der Waals surface area contributed by atoms with Crippen LogP contribution < -0.4 is 31.9 Å². The van der Waals surface area contributed by atoms with Gasteiger partial charge in [-0.25, -0.2) is 9.59 Å². The molecular formula is C60H98N6O21. The molecule has 2 rings (SSSR count). The number of carbonyl (C=O) groups is 7. The molecule has 0 bridgehead atoms. The zero-order valence-electron chi connectivity index (χ0n) is 52.1. The number of methoxy groups -OCH3 is 1. The largest absolute Gasteiger partial charge is 0.506 e. The Labute approximate surface area is 511 Å². The van der Waals surface area contributed by atoms with Crippen LogP contribution in [0.4, 0.5) is 15.3 Å². The molecular weight excluding hydrogens is 1140 g/mol. The molecule has 0 unspecified atom stereocenters. The number of aliphatic carboxylic acids is 1. The van der Waals surface area contributed by atoms with Gasteiger partial charge in [-0.15, -0.1) is 0 Å². The van der Waals surface area contributed by atoms with Crippen LogP contribution in [-0.4, -0.2) is 221 Å². The van der Waals surface area contributed by atoms with Gasteiger partial charge in [0.15, 0.2) is 0 Å². The van der Waals surface area contributed by atoms with Crippen molar-refractivity contribution in [2.45, 2.75) is 117 Å². The lowest BCUT2D eigenvalue weighted by Gasteiger charge is -2.26. The number of rotatable bonds is 50. The summed E-state index contributed by atoms with van der Waals surface area (Å²) in [5.74, 6) is -5.15. The standard InChI is InChI=1S/C60H98N6O21/c1-43(2)53(56(71)62-45(4)54(69)64-50-40-47(17-18-51(50)67)39-48(38-44(3)57(72)73)63-59(75)87-60(5,6)7)66-55(70)49(65-58(74)86-41-46-14-10-9-11-15-46)16-12-13-19-61-52(68)42-85-37-36-84-35-34-83-33-32-82-31-30-81-29-28-80-27-26-79-25-24-78-23-22-77-21-20-76-8/h9-11,14-15,17-18,40,43-45,48-49,53,67H,12-13,16,19-39,41-42H2,1-8H3,(H,61,68)(H,62,71)(H,63,75)(H,64,69)(H,65,74)(H,66,70)(H,72,73)/t44-,45-,48+,49-,53-/m0/s1. The maximum Gasteiger partial charge on any atom is 0.408 e. The minimum atomic E-state index is -1.19. The van der Waals surface area contributed by atoms with Gasteiger partial charge in [-0.3, -0.25) is 24.0 Å². The van der Waals surface area contributed by atoms with Gasteiger partial charge in [0.2, 0.25) is 23.6 Å². The zero-order valence-corrected chi connectivity index (χ0v) is 52.1. The van der Waals surface area contributed by atoms with Crippen molar-refractivity contribution in [1.29, 1.82) is 0 Å². The number of carbonyl (C=O) groups excluding carboxylic acids is 6. The smallest absolute Gasteiger partial charge is 0.408 e. The summed E-state index contributed by atoms with van der Waals surface area (Å²) in [7, 11) is 1.63. The average Bonchev–Trinajstić information content (AvgIpc) is 3.67. The molecule has 0 saturated heterocycles. The summed E-state index contributed by atoms with van der Waals surface area (Å²) >= 11 is 0. The van der Waals surface area contributed by atoms with Crippen molar-refractivity contribution in [3.63, 3.8) is 0 Å². The predicted molar refractivity (Wildman–Crippen MR) is 319 cm³/mol. The molecule has 6 amide bonds. The number of aromatic hydroxyl groups is 1. The molecule has 0 aliphatic rings. The van der Waals surface area contributed by atoms with Crippen molar-refractivity contribution < 1.29 is 101 Å². The number of benzene rings is 2. The number of alkyl carbamates (subject to hydrolysis) is 2. The van der Waals surface area contributed by atoms with Crippen molar-refractivity contribution in [1.82, 2.24) is 26.6 Å². The molecule has 0 aliphatic carbocycles. The van der Waals surface area contributed by atoms with E-state index in [9.17, 15) is 43.8 Å². The molecule has 0 saturated carbocycles. The third-order valence-corrected chi connectivity index (χ3v) is 12.3. The van der Waals surface area contributed by atoms with E-state index >= 15 is 0 Å². The lowest BCUT2D eigenvalue weighted by atomic mass is 9.96. The van der Waals surface area contributed by atoms with E-state index in [2.05, 4.69) is 31.9 Å². The van der Waals surface area contributed by atoms with Crippen molar-refractivity contribution in [3.8, 4) is 5.75 Å². The minimum absolute atomic E-state index is 0.0128.